The Hall–Kier alpha value is -0.160. The quantitative estimate of drug-likeness (QED) is 0.837. The van der Waals surface area contributed by atoms with Crippen molar-refractivity contribution in [1.82, 2.24) is 0 Å². The first-order chi connectivity index (χ1) is 7.10. The fourth-order valence-electron chi connectivity index (χ4n) is 1.82. The Bertz CT molecular complexity index is 323. The molecular weight excluding hydrogens is 304 g/mol. The predicted octanol–water partition coefficient (Wildman–Crippen LogP) is 3.87. The molecule has 0 aliphatic carbocycles. The van der Waals surface area contributed by atoms with Gasteiger partial charge in [0, 0.05) is 9.61 Å². The number of hydrogen-bond donors (Lipinski definition) is 1. The third-order valence-corrected chi connectivity index (χ3v) is 3.81. The molecule has 0 aliphatic rings. The van der Waals surface area contributed by atoms with E-state index >= 15 is 0 Å². The monoisotopic (exact) mass is 321 g/mol. The molecule has 15 heavy (non-hydrogen) atoms. The maximum atomic E-state index is 12.9. The summed E-state index contributed by atoms with van der Waals surface area (Å²) in [5, 5.41) is 0. The molecule has 1 aromatic rings. The van der Waals surface area contributed by atoms with E-state index in [1.807, 2.05) is 0 Å². The zero-order valence-electron chi connectivity index (χ0n) is 9.13. The second kappa shape index (κ2) is 5.80. The van der Waals surface area contributed by atoms with Crippen LogP contribution in [0.4, 0.5) is 4.39 Å². The zero-order chi connectivity index (χ0) is 11.4. The van der Waals surface area contributed by atoms with Gasteiger partial charge in [0.25, 0.3) is 0 Å². The van der Waals surface area contributed by atoms with Crippen LogP contribution >= 0.6 is 22.6 Å². The van der Waals surface area contributed by atoms with E-state index < -0.39 is 0 Å². The summed E-state index contributed by atoms with van der Waals surface area (Å²) >= 11 is 2.15. The van der Waals surface area contributed by atoms with Crippen molar-refractivity contribution in [3.63, 3.8) is 0 Å². The number of halogens is 2. The summed E-state index contributed by atoms with van der Waals surface area (Å²) in [5.41, 5.74) is 7.24. The summed E-state index contributed by atoms with van der Waals surface area (Å²) in [4.78, 5) is 0. The van der Waals surface area contributed by atoms with Crippen molar-refractivity contribution < 1.29 is 4.39 Å². The summed E-state index contributed by atoms with van der Waals surface area (Å²) in [6.45, 7) is 4.29. The first kappa shape index (κ1) is 12.9. The minimum atomic E-state index is -0.195. The Morgan fingerprint density at radius 2 is 1.93 bits per heavy atom. The van der Waals surface area contributed by atoms with E-state index in [0.717, 1.165) is 22.0 Å². The molecule has 0 radical (unpaired) electrons. The highest BCUT2D eigenvalue weighted by Gasteiger charge is 2.18. The summed E-state index contributed by atoms with van der Waals surface area (Å²) in [7, 11) is 0. The van der Waals surface area contributed by atoms with Crippen LogP contribution in [-0.2, 0) is 0 Å². The second-order valence-corrected chi connectivity index (χ2v) is 4.93. The van der Waals surface area contributed by atoms with Gasteiger partial charge in [-0.2, -0.15) is 0 Å². The average molecular weight is 321 g/mol. The Balaban J connectivity index is 2.94. The third-order valence-electron chi connectivity index (χ3n) is 2.88. The van der Waals surface area contributed by atoms with Crippen LogP contribution in [0.2, 0.25) is 0 Å². The van der Waals surface area contributed by atoms with Gasteiger partial charge in [0.1, 0.15) is 5.82 Å². The lowest BCUT2D eigenvalue weighted by atomic mass is 9.90. The predicted molar refractivity (Wildman–Crippen MR) is 70.1 cm³/mol. The number of hydrogen-bond acceptors (Lipinski definition) is 1. The molecule has 0 fully saturated rings. The molecule has 0 aliphatic heterocycles. The number of rotatable bonds is 4. The summed E-state index contributed by atoms with van der Waals surface area (Å²) in [5.74, 6) is 0.281. The second-order valence-electron chi connectivity index (χ2n) is 3.77. The summed E-state index contributed by atoms with van der Waals surface area (Å²) in [6.07, 6.45) is 2.12. The lowest BCUT2D eigenvalue weighted by Crippen LogP contribution is -2.21. The van der Waals surface area contributed by atoms with Crippen molar-refractivity contribution in [2.45, 2.75) is 32.7 Å². The molecule has 0 heterocycles. The van der Waals surface area contributed by atoms with Crippen LogP contribution in [0.3, 0.4) is 0 Å². The molecule has 1 rings (SSSR count). The van der Waals surface area contributed by atoms with Crippen LogP contribution in [0.25, 0.3) is 0 Å². The highest BCUT2D eigenvalue weighted by Crippen LogP contribution is 2.28. The normalized spacial score (nSPS) is 13.2. The van der Waals surface area contributed by atoms with Gasteiger partial charge >= 0.3 is 0 Å². The standard InChI is InChI=1S/C12H17FIN/c1-3-8(4-2)12(15)10-6-5-9(13)7-11(10)14/h5-8,12H,3-4,15H2,1-2H3. The van der Waals surface area contributed by atoms with Crippen molar-refractivity contribution in [2.75, 3.05) is 0 Å². The topological polar surface area (TPSA) is 26.0 Å². The smallest absolute Gasteiger partial charge is 0.124 e. The Morgan fingerprint density at radius 3 is 2.40 bits per heavy atom. The average Bonchev–Trinajstić information content (AvgIpc) is 2.19. The lowest BCUT2D eigenvalue weighted by Gasteiger charge is -2.22. The van der Waals surface area contributed by atoms with Crippen LogP contribution in [0, 0.1) is 15.3 Å². The molecular formula is C12H17FIN. The molecule has 0 amide bonds. The Morgan fingerprint density at radius 1 is 1.33 bits per heavy atom. The van der Waals surface area contributed by atoms with Gasteiger partial charge in [0.05, 0.1) is 0 Å². The SMILES string of the molecule is CCC(CC)C(N)c1ccc(F)cc1I. The fraction of sp³-hybridized carbons (Fsp3) is 0.500. The van der Waals surface area contributed by atoms with E-state index in [4.69, 9.17) is 5.73 Å². The summed E-state index contributed by atoms with van der Waals surface area (Å²) < 4.78 is 13.9. The van der Waals surface area contributed by atoms with Gasteiger partial charge in [0.15, 0.2) is 0 Å². The molecule has 84 valence electrons. The molecule has 0 saturated heterocycles. The lowest BCUT2D eigenvalue weighted by molar-refractivity contribution is 0.404. The minimum absolute atomic E-state index is 0.0208. The molecule has 1 atom stereocenters. The highest BCUT2D eigenvalue weighted by molar-refractivity contribution is 14.1. The van der Waals surface area contributed by atoms with Crippen molar-refractivity contribution in [1.29, 1.82) is 0 Å². The Kier molecular flexibility index (Phi) is 4.99. The van der Waals surface area contributed by atoms with Crippen LogP contribution in [0.15, 0.2) is 18.2 Å². The zero-order valence-corrected chi connectivity index (χ0v) is 11.3. The van der Waals surface area contributed by atoms with Gasteiger partial charge in [0.2, 0.25) is 0 Å². The molecule has 0 spiro atoms. The van der Waals surface area contributed by atoms with E-state index in [1.54, 1.807) is 6.07 Å². The van der Waals surface area contributed by atoms with E-state index in [1.165, 1.54) is 12.1 Å². The molecule has 1 nitrogen and oxygen atoms in total. The number of benzene rings is 1. The van der Waals surface area contributed by atoms with Gasteiger partial charge < -0.3 is 5.73 Å². The van der Waals surface area contributed by atoms with E-state index in [9.17, 15) is 4.39 Å². The van der Waals surface area contributed by atoms with Crippen molar-refractivity contribution in [3.8, 4) is 0 Å². The molecule has 3 heteroatoms. The van der Waals surface area contributed by atoms with E-state index in [0.29, 0.717) is 5.92 Å². The first-order valence-corrected chi connectivity index (χ1v) is 6.38. The molecule has 1 aromatic carbocycles. The first-order valence-electron chi connectivity index (χ1n) is 5.30. The van der Waals surface area contributed by atoms with Gasteiger partial charge in [-0.1, -0.05) is 32.8 Å². The van der Waals surface area contributed by atoms with Crippen molar-refractivity contribution in [3.05, 3.63) is 33.1 Å². The largest absolute Gasteiger partial charge is 0.324 e. The van der Waals surface area contributed by atoms with Crippen LogP contribution in [0.5, 0.6) is 0 Å². The minimum Gasteiger partial charge on any atom is -0.324 e. The molecule has 0 aromatic heterocycles. The van der Waals surface area contributed by atoms with Crippen LogP contribution in [-0.4, -0.2) is 0 Å². The van der Waals surface area contributed by atoms with Crippen molar-refractivity contribution >= 4 is 22.6 Å². The van der Waals surface area contributed by atoms with Gasteiger partial charge in [-0.3, -0.25) is 0 Å². The Labute approximate surface area is 104 Å². The van der Waals surface area contributed by atoms with Crippen LogP contribution in [0.1, 0.15) is 38.3 Å². The summed E-state index contributed by atoms with van der Waals surface area (Å²) in [6, 6.07) is 4.85. The third kappa shape index (κ3) is 3.14. The van der Waals surface area contributed by atoms with Gasteiger partial charge in [-0.05, 0) is 46.2 Å². The molecule has 0 bridgehead atoms. The highest BCUT2D eigenvalue weighted by atomic mass is 127. The molecule has 0 saturated carbocycles. The number of nitrogens with two attached hydrogens (primary N) is 1. The fourth-order valence-corrected chi connectivity index (χ4v) is 2.66. The van der Waals surface area contributed by atoms with Gasteiger partial charge in [-0.15, -0.1) is 0 Å². The molecule has 2 N–H and O–H groups in total. The van der Waals surface area contributed by atoms with Crippen LogP contribution < -0.4 is 5.73 Å². The van der Waals surface area contributed by atoms with E-state index in [-0.39, 0.29) is 11.9 Å². The van der Waals surface area contributed by atoms with E-state index in [2.05, 4.69) is 36.4 Å². The molecule has 1 unspecified atom stereocenters. The van der Waals surface area contributed by atoms with Gasteiger partial charge in [-0.25, -0.2) is 4.39 Å². The van der Waals surface area contributed by atoms with Crippen molar-refractivity contribution in [2.24, 2.45) is 11.7 Å². The maximum absolute atomic E-state index is 12.9. The maximum Gasteiger partial charge on any atom is 0.124 e.